The van der Waals surface area contributed by atoms with Crippen molar-refractivity contribution in [2.24, 2.45) is 0 Å². The van der Waals surface area contributed by atoms with E-state index in [0.717, 1.165) is 12.2 Å². The lowest BCUT2D eigenvalue weighted by Crippen LogP contribution is -2.27. The van der Waals surface area contributed by atoms with Crippen LogP contribution in [-0.4, -0.2) is 19.2 Å². The molecule has 0 aliphatic rings. The molecule has 2 N–H and O–H groups in total. The lowest BCUT2D eigenvalue weighted by molar-refractivity contribution is 0.938. The average Bonchev–Trinajstić information content (AvgIpc) is 2.97. The average molecular weight is 342 g/mol. The highest BCUT2D eigenvalue weighted by molar-refractivity contribution is 7.80. The molecule has 0 bridgehead atoms. The third kappa shape index (κ3) is 3.81. The van der Waals surface area contributed by atoms with Crippen LogP contribution >= 0.6 is 23.6 Å². The second-order valence-corrected chi connectivity index (χ2v) is 6.83. The molecule has 118 valence electrons. The largest absolute Gasteiger partial charge is 0.378 e. The Morgan fingerprint density at radius 1 is 1.09 bits per heavy atom. The molecule has 0 saturated carbocycles. The number of fused-ring (bicyclic) bond motifs is 1. The fourth-order valence-corrected chi connectivity index (χ4v) is 3.52. The summed E-state index contributed by atoms with van der Waals surface area (Å²) in [6.07, 6.45) is 0. The van der Waals surface area contributed by atoms with Crippen molar-refractivity contribution in [2.45, 2.75) is 6.54 Å². The van der Waals surface area contributed by atoms with Crippen molar-refractivity contribution in [2.75, 3.05) is 24.3 Å². The van der Waals surface area contributed by atoms with Crippen LogP contribution in [0.4, 0.5) is 11.4 Å². The minimum atomic E-state index is 0.637. The van der Waals surface area contributed by atoms with Crippen LogP contribution in [0.5, 0.6) is 0 Å². The first-order chi connectivity index (χ1) is 11.1. The van der Waals surface area contributed by atoms with E-state index in [1.807, 2.05) is 26.2 Å². The van der Waals surface area contributed by atoms with Crippen LogP contribution in [0.2, 0.25) is 0 Å². The van der Waals surface area contributed by atoms with Gasteiger partial charge in [-0.3, -0.25) is 0 Å². The van der Waals surface area contributed by atoms with Crippen LogP contribution in [0.15, 0.2) is 53.9 Å². The van der Waals surface area contributed by atoms with Gasteiger partial charge in [-0.05, 0) is 58.9 Å². The molecular formula is C18H19N3S2. The van der Waals surface area contributed by atoms with Crippen molar-refractivity contribution in [1.82, 2.24) is 5.32 Å². The van der Waals surface area contributed by atoms with Gasteiger partial charge in [-0.15, -0.1) is 11.3 Å². The summed E-state index contributed by atoms with van der Waals surface area (Å²) < 4.78 is 1.31. The SMILES string of the molecule is CN(C)c1ccc(NC(=S)NCc2csc3ccccc23)cc1. The van der Waals surface area contributed by atoms with E-state index in [-0.39, 0.29) is 0 Å². The van der Waals surface area contributed by atoms with E-state index in [2.05, 4.69) is 57.3 Å². The van der Waals surface area contributed by atoms with E-state index < -0.39 is 0 Å². The maximum atomic E-state index is 5.39. The third-order valence-electron chi connectivity index (χ3n) is 3.64. The predicted molar refractivity (Wildman–Crippen MR) is 106 cm³/mol. The summed E-state index contributed by atoms with van der Waals surface area (Å²) in [7, 11) is 4.06. The summed E-state index contributed by atoms with van der Waals surface area (Å²) in [4.78, 5) is 2.07. The topological polar surface area (TPSA) is 27.3 Å². The Bertz CT molecular complexity index is 807. The molecule has 3 nitrogen and oxygen atoms in total. The first-order valence-corrected chi connectivity index (χ1v) is 8.69. The summed E-state index contributed by atoms with van der Waals surface area (Å²) in [6.45, 7) is 0.728. The van der Waals surface area contributed by atoms with Crippen LogP contribution < -0.4 is 15.5 Å². The van der Waals surface area contributed by atoms with Crippen molar-refractivity contribution in [1.29, 1.82) is 0 Å². The minimum Gasteiger partial charge on any atom is -0.378 e. The number of thiophene rings is 1. The van der Waals surface area contributed by atoms with Crippen LogP contribution in [0.3, 0.4) is 0 Å². The number of nitrogens with one attached hydrogen (secondary N) is 2. The van der Waals surface area contributed by atoms with Gasteiger partial charge in [-0.25, -0.2) is 0 Å². The van der Waals surface area contributed by atoms with Gasteiger partial charge >= 0.3 is 0 Å². The van der Waals surface area contributed by atoms with Crippen molar-refractivity contribution in [3.63, 3.8) is 0 Å². The molecule has 3 rings (SSSR count). The van der Waals surface area contributed by atoms with E-state index >= 15 is 0 Å². The Labute approximate surface area is 145 Å². The Morgan fingerprint density at radius 3 is 2.57 bits per heavy atom. The number of hydrogen-bond acceptors (Lipinski definition) is 3. The number of nitrogens with zero attached hydrogens (tertiary/aromatic N) is 1. The Kier molecular flexibility index (Phi) is 4.79. The van der Waals surface area contributed by atoms with Gasteiger partial charge in [0.1, 0.15) is 0 Å². The molecule has 0 unspecified atom stereocenters. The van der Waals surface area contributed by atoms with Crippen molar-refractivity contribution in [3.05, 3.63) is 59.5 Å². The summed E-state index contributed by atoms with van der Waals surface area (Å²) >= 11 is 7.15. The van der Waals surface area contributed by atoms with Gasteiger partial charge in [0.15, 0.2) is 5.11 Å². The fraction of sp³-hybridized carbons (Fsp3) is 0.167. The molecule has 0 saturated heterocycles. The molecule has 0 fully saturated rings. The molecule has 1 heterocycles. The van der Waals surface area contributed by atoms with E-state index in [4.69, 9.17) is 12.2 Å². The molecular weight excluding hydrogens is 322 g/mol. The molecule has 0 radical (unpaired) electrons. The Hall–Kier alpha value is -2.11. The van der Waals surface area contributed by atoms with E-state index in [9.17, 15) is 0 Å². The number of benzene rings is 2. The van der Waals surface area contributed by atoms with Gasteiger partial charge in [0.2, 0.25) is 0 Å². The molecule has 0 amide bonds. The molecule has 3 aromatic rings. The zero-order valence-electron chi connectivity index (χ0n) is 13.2. The summed E-state index contributed by atoms with van der Waals surface area (Å²) in [6, 6.07) is 16.6. The summed E-state index contributed by atoms with van der Waals surface area (Å²) in [5.74, 6) is 0. The number of thiocarbonyl (C=S) groups is 1. The van der Waals surface area contributed by atoms with Crippen molar-refractivity contribution >= 4 is 50.1 Å². The zero-order chi connectivity index (χ0) is 16.2. The normalized spacial score (nSPS) is 10.5. The molecule has 0 atom stereocenters. The number of anilines is 2. The van der Waals surface area contributed by atoms with Crippen LogP contribution in [0.25, 0.3) is 10.1 Å². The van der Waals surface area contributed by atoms with Crippen molar-refractivity contribution < 1.29 is 0 Å². The van der Waals surface area contributed by atoms with Crippen LogP contribution in [0, 0.1) is 0 Å². The summed E-state index contributed by atoms with van der Waals surface area (Å²) in [5.41, 5.74) is 3.43. The van der Waals surface area contributed by atoms with Gasteiger partial charge in [0.05, 0.1) is 0 Å². The van der Waals surface area contributed by atoms with E-state index in [1.165, 1.54) is 21.3 Å². The number of rotatable bonds is 4. The van der Waals surface area contributed by atoms with Gasteiger partial charge in [0, 0.05) is 36.7 Å². The Morgan fingerprint density at radius 2 is 1.83 bits per heavy atom. The highest BCUT2D eigenvalue weighted by Crippen LogP contribution is 2.25. The molecule has 1 aromatic heterocycles. The lowest BCUT2D eigenvalue weighted by Gasteiger charge is -2.14. The van der Waals surface area contributed by atoms with Gasteiger partial charge in [-0.2, -0.15) is 0 Å². The first kappa shape index (κ1) is 15.8. The fourth-order valence-electron chi connectivity index (χ4n) is 2.36. The Balaban J connectivity index is 1.59. The highest BCUT2D eigenvalue weighted by Gasteiger charge is 2.04. The highest BCUT2D eigenvalue weighted by atomic mass is 32.1. The van der Waals surface area contributed by atoms with Crippen molar-refractivity contribution in [3.8, 4) is 0 Å². The van der Waals surface area contributed by atoms with E-state index in [1.54, 1.807) is 11.3 Å². The quantitative estimate of drug-likeness (QED) is 0.686. The molecule has 0 spiro atoms. The van der Waals surface area contributed by atoms with Crippen LogP contribution in [0.1, 0.15) is 5.56 Å². The van der Waals surface area contributed by atoms with Gasteiger partial charge in [-0.1, -0.05) is 18.2 Å². The maximum absolute atomic E-state index is 5.39. The second kappa shape index (κ2) is 6.98. The van der Waals surface area contributed by atoms with Crippen LogP contribution in [-0.2, 0) is 6.54 Å². The summed E-state index contributed by atoms with van der Waals surface area (Å²) in [5, 5.41) is 10.6. The lowest BCUT2D eigenvalue weighted by atomic mass is 10.2. The smallest absolute Gasteiger partial charge is 0.171 e. The third-order valence-corrected chi connectivity index (χ3v) is 4.90. The standard InChI is InChI=1S/C18H19N3S2/c1-21(2)15-9-7-14(8-10-15)20-18(22)19-11-13-12-23-17-6-4-3-5-16(13)17/h3-10,12H,11H2,1-2H3,(H2,19,20,22). The minimum absolute atomic E-state index is 0.637. The molecule has 2 aromatic carbocycles. The maximum Gasteiger partial charge on any atom is 0.171 e. The zero-order valence-corrected chi connectivity index (χ0v) is 14.8. The van der Waals surface area contributed by atoms with Gasteiger partial charge < -0.3 is 15.5 Å². The molecule has 23 heavy (non-hydrogen) atoms. The van der Waals surface area contributed by atoms with E-state index in [0.29, 0.717) is 5.11 Å². The van der Waals surface area contributed by atoms with Gasteiger partial charge in [0.25, 0.3) is 0 Å². The first-order valence-electron chi connectivity index (χ1n) is 7.41. The molecule has 5 heteroatoms. The number of hydrogen-bond donors (Lipinski definition) is 2. The predicted octanol–water partition coefficient (Wildman–Crippen LogP) is 4.45. The molecule has 0 aliphatic heterocycles. The molecule has 0 aliphatic carbocycles. The monoisotopic (exact) mass is 341 g/mol. The second-order valence-electron chi connectivity index (χ2n) is 5.51.